The van der Waals surface area contributed by atoms with Gasteiger partial charge in [-0.15, -0.1) is 0 Å². The quantitative estimate of drug-likeness (QED) is 0.657. The molecule has 0 saturated heterocycles. The Hall–Kier alpha value is -0.0500. The molecule has 0 fully saturated rings. The zero-order valence-corrected chi connectivity index (χ0v) is 13.0. The summed E-state index contributed by atoms with van der Waals surface area (Å²) in [4.78, 5) is 2.51. The van der Waals surface area contributed by atoms with Crippen LogP contribution in [0.15, 0.2) is 24.3 Å². The molecule has 0 aliphatic carbocycles. The van der Waals surface area contributed by atoms with Crippen LogP contribution in [0, 0.1) is 0 Å². The molecule has 0 aliphatic heterocycles. The van der Waals surface area contributed by atoms with Crippen molar-refractivity contribution in [3.63, 3.8) is 0 Å². The van der Waals surface area contributed by atoms with Gasteiger partial charge in [0.15, 0.2) is 0 Å². The molecule has 0 radical (unpaired) electrons. The third kappa shape index (κ3) is 4.61. The zero-order chi connectivity index (χ0) is 12.7. The molecule has 17 heavy (non-hydrogen) atoms. The summed E-state index contributed by atoms with van der Waals surface area (Å²) in [5.74, 6) is 0. The Morgan fingerprint density at radius 3 is 2.41 bits per heavy atom. The third-order valence-electron chi connectivity index (χ3n) is 3.16. The topological polar surface area (TPSA) is 3.24 Å². The normalized spacial score (nSPS) is 11.4. The van der Waals surface area contributed by atoms with Crippen molar-refractivity contribution in [3.8, 4) is 0 Å². The molecule has 0 bridgehead atoms. The van der Waals surface area contributed by atoms with Gasteiger partial charge >= 0.3 is 0 Å². The van der Waals surface area contributed by atoms with Crippen molar-refractivity contribution >= 4 is 27.5 Å². The molecule has 1 nitrogen and oxygen atoms in total. The monoisotopic (exact) mass is 317 g/mol. The molecule has 0 saturated carbocycles. The second-order valence-corrected chi connectivity index (χ2v) is 5.42. The number of rotatable bonds is 7. The molecule has 1 rings (SSSR count). The summed E-state index contributed by atoms with van der Waals surface area (Å²) in [5.41, 5.74) is 1.22. The van der Waals surface area contributed by atoms with E-state index in [1.807, 2.05) is 12.1 Å². The highest BCUT2D eigenvalue weighted by atomic mass is 79.9. The number of hydrogen-bond acceptors (Lipinski definition) is 1. The van der Waals surface area contributed by atoms with E-state index in [9.17, 15) is 0 Å². The third-order valence-corrected chi connectivity index (χ3v) is 3.89. The van der Waals surface area contributed by atoms with Crippen LogP contribution in [0.3, 0.4) is 0 Å². The Morgan fingerprint density at radius 1 is 1.24 bits per heavy atom. The van der Waals surface area contributed by atoms with Gasteiger partial charge in [-0.2, -0.15) is 0 Å². The lowest BCUT2D eigenvalue weighted by atomic mass is 10.1. The minimum Gasteiger partial charge on any atom is -0.295 e. The first-order valence-corrected chi connectivity index (χ1v) is 7.76. The number of nitrogens with zero attached hydrogens (tertiary/aromatic N) is 1. The van der Waals surface area contributed by atoms with E-state index in [0.29, 0.717) is 6.04 Å². The van der Waals surface area contributed by atoms with Gasteiger partial charge in [0, 0.05) is 29.5 Å². The standard InChI is InChI=1S/C14H21BrClN/c1-3-13(4-2)17(10-9-15)11-12-7-5-6-8-14(12)16/h5-8,13H,3-4,9-11H2,1-2H3. The molecular formula is C14H21BrClN. The Morgan fingerprint density at radius 2 is 1.88 bits per heavy atom. The Labute approximate surface area is 118 Å². The molecule has 3 heteroatoms. The number of hydrogen-bond donors (Lipinski definition) is 0. The number of benzene rings is 1. The summed E-state index contributed by atoms with van der Waals surface area (Å²) >= 11 is 9.76. The first-order chi connectivity index (χ1) is 8.22. The van der Waals surface area contributed by atoms with Gasteiger partial charge in [-0.1, -0.05) is 59.6 Å². The summed E-state index contributed by atoms with van der Waals surface area (Å²) in [6, 6.07) is 8.77. The van der Waals surface area contributed by atoms with E-state index in [1.165, 1.54) is 18.4 Å². The van der Waals surface area contributed by atoms with Crippen molar-refractivity contribution in [1.29, 1.82) is 0 Å². The van der Waals surface area contributed by atoms with Crippen LogP contribution in [0.5, 0.6) is 0 Å². The molecule has 0 spiro atoms. The molecule has 1 aromatic rings. The maximum Gasteiger partial charge on any atom is 0.0451 e. The summed E-state index contributed by atoms with van der Waals surface area (Å²) in [6.07, 6.45) is 2.38. The average Bonchev–Trinajstić information content (AvgIpc) is 2.34. The van der Waals surface area contributed by atoms with Gasteiger partial charge in [-0.3, -0.25) is 4.90 Å². The van der Waals surface area contributed by atoms with Crippen LogP contribution in [0.2, 0.25) is 5.02 Å². The van der Waals surface area contributed by atoms with Crippen LogP contribution in [0.25, 0.3) is 0 Å². The van der Waals surface area contributed by atoms with E-state index < -0.39 is 0 Å². The van der Waals surface area contributed by atoms with Gasteiger partial charge < -0.3 is 0 Å². The summed E-state index contributed by atoms with van der Waals surface area (Å²) in [6.45, 7) is 6.51. The minimum atomic E-state index is 0.642. The minimum absolute atomic E-state index is 0.642. The summed E-state index contributed by atoms with van der Waals surface area (Å²) in [7, 11) is 0. The predicted molar refractivity (Wildman–Crippen MR) is 80.0 cm³/mol. The van der Waals surface area contributed by atoms with E-state index in [1.54, 1.807) is 0 Å². The van der Waals surface area contributed by atoms with Crippen molar-refractivity contribution in [1.82, 2.24) is 4.90 Å². The Bertz CT molecular complexity index is 326. The van der Waals surface area contributed by atoms with Gasteiger partial charge in [0.25, 0.3) is 0 Å². The fourth-order valence-electron chi connectivity index (χ4n) is 2.15. The van der Waals surface area contributed by atoms with Crippen LogP contribution in [-0.4, -0.2) is 22.8 Å². The summed E-state index contributed by atoms with van der Waals surface area (Å²) < 4.78 is 0. The molecule has 0 N–H and O–H groups in total. The van der Waals surface area contributed by atoms with E-state index in [2.05, 4.69) is 46.8 Å². The van der Waals surface area contributed by atoms with Gasteiger partial charge in [0.05, 0.1) is 0 Å². The number of halogens is 2. The smallest absolute Gasteiger partial charge is 0.0451 e. The van der Waals surface area contributed by atoms with Crippen molar-refractivity contribution in [2.24, 2.45) is 0 Å². The van der Waals surface area contributed by atoms with Crippen molar-refractivity contribution in [3.05, 3.63) is 34.9 Å². The molecule has 0 aliphatic rings. The highest BCUT2D eigenvalue weighted by Crippen LogP contribution is 2.20. The van der Waals surface area contributed by atoms with Crippen molar-refractivity contribution < 1.29 is 0 Å². The largest absolute Gasteiger partial charge is 0.295 e. The van der Waals surface area contributed by atoms with Crippen LogP contribution in [0.1, 0.15) is 32.3 Å². The zero-order valence-electron chi connectivity index (χ0n) is 10.6. The number of alkyl halides is 1. The Kier molecular flexibility index (Phi) is 7.17. The van der Waals surface area contributed by atoms with Gasteiger partial charge in [0.1, 0.15) is 0 Å². The highest BCUT2D eigenvalue weighted by molar-refractivity contribution is 9.09. The van der Waals surface area contributed by atoms with E-state index in [4.69, 9.17) is 11.6 Å². The van der Waals surface area contributed by atoms with Crippen LogP contribution >= 0.6 is 27.5 Å². The first kappa shape index (κ1) is 15.0. The highest BCUT2D eigenvalue weighted by Gasteiger charge is 2.15. The van der Waals surface area contributed by atoms with Crippen LogP contribution in [0.4, 0.5) is 0 Å². The molecular weight excluding hydrogens is 298 g/mol. The first-order valence-electron chi connectivity index (χ1n) is 6.26. The van der Waals surface area contributed by atoms with Gasteiger partial charge in [0.2, 0.25) is 0 Å². The molecule has 0 unspecified atom stereocenters. The molecule has 96 valence electrons. The predicted octanol–water partition coefficient (Wildman–Crippen LogP) is 4.73. The summed E-state index contributed by atoms with van der Waals surface area (Å²) in [5, 5.41) is 1.88. The lowest BCUT2D eigenvalue weighted by Crippen LogP contribution is -2.35. The van der Waals surface area contributed by atoms with E-state index >= 15 is 0 Å². The fourth-order valence-corrected chi connectivity index (χ4v) is 2.80. The maximum atomic E-state index is 6.22. The van der Waals surface area contributed by atoms with E-state index in [0.717, 1.165) is 23.4 Å². The van der Waals surface area contributed by atoms with Crippen LogP contribution < -0.4 is 0 Å². The van der Waals surface area contributed by atoms with Crippen LogP contribution in [-0.2, 0) is 6.54 Å². The fraction of sp³-hybridized carbons (Fsp3) is 0.571. The SMILES string of the molecule is CCC(CC)N(CCBr)Cc1ccccc1Cl. The molecule has 0 amide bonds. The van der Waals surface area contributed by atoms with Crippen molar-refractivity contribution in [2.45, 2.75) is 39.3 Å². The molecule has 0 heterocycles. The van der Waals surface area contributed by atoms with Gasteiger partial charge in [-0.05, 0) is 24.5 Å². The lowest BCUT2D eigenvalue weighted by molar-refractivity contribution is 0.189. The second kappa shape index (κ2) is 8.12. The van der Waals surface area contributed by atoms with Gasteiger partial charge in [-0.25, -0.2) is 0 Å². The van der Waals surface area contributed by atoms with E-state index in [-0.39, 0.29) is 0 Å². The molecule has 1 aromatic carbocycles. The Balaban J connectivity index is 2.75. The molecule has 0 aromatic heterocycles. The second-order valence-electron chi connectivity index (χ2n) is 4.22. The van der Waals surface area contributed by atoms with Crippen molar-refractivity contribution in [2.75, 3.05) is 11.9 Å². The lowest BCUT2D eigenvalue weighted by Gasteiger charge is -2.30. The molecule has 0 atom stereocenters. The maximum absolute atomic E-state index is 6.22. The average molecular weight is 319 g/mol.